The Labute approximate surface area is 156 Å². The molecule has 0 spiro atoms. The van der Waals surface area contributed by atoms with Crippen LogP contribution >= 0.6 is 0 Å². The number of nitrogens with two attached hydrogens (primary N) is 1. The van der Waals surface area contributed by atoms with Crippen LogP contribution in [0.5, 0.6) is 5.75 Å². The van der Waals surface area contributed by atoms with Crippen molar-refractivity contribution in [3.63, 3.8) is 0 Å². The maximum atomic E-state index is 12.3. The van der Waals surface area contributed by atoms with E-state index in [9.17, 15) is 8.42 Å². The highest BCUT2D eigenvalue weighted by molar-refractivity contribution is 7.89. The van der Waals surface area contributed by atoms with Crippen LogP contribution in [0.15, 0.2) is 53.4 Å². The fourth-order valence-corrected chi connectivity index (χ4v) is 3.50. The summed E-state index contributed by atoms with van der Waals surface area (Å²) in [6.07, 6.45) is 1.49. The van der Waals surface area contributed by atoms with E-state index in [4.69, 9.17) is 10.5 Å². The van der Waals surface area contributed by atoms with Crippen molar-refractivity contribution < 1.29 is 13.2 Å². The lowest BCUT2D eigenvalue weighted by Crippen LogP contribution is -2.26. The molecule has 26 heavy (non-hydrogen) atoms. The summed E-state index contributed by atoms with van der Waals surface area (Å²) >= 11 is 0. The number of nitrogens with one attached hydrogen (secondary N) is 1. The van der Waals surface area contributed by atoms with E-state index >= 15 is 0 Å². The lowest BCUT2D eigenvalue weighted by Gasteiger charge is -2.13. The lowest BCUT2D eigenvalue weighted by molar-refractivity contribution is 0.279. The molecule has 0 unspecified atom stereocenters. The van der Waals surface area contributed by atoms with Crippen LogP contribution in [0.3, 0.4) is 0 Å². The number of hydrogen-bond donors (Lipinski definition) is 2. The molecule has 2 aromatic rings. The number of nitrogens with zero attached hydrogens (tertiary/aromatic N) is 1. The molecule has 7 heteroatoms. The van der Waals surface area contributed by atoms with Crippen molar-refractivity contribution in [2.45, 2.75) is 17.7 Å². The quantitative estimate of drug-likeness (QED) is 0.489. The minimum absolute atomic E-state index is 0.208. The largest absolute Gasteiger partial charge is 0.493 e. The van der Waals surface area contributed by atoms with E-state index in [1.54, 1.807) is 12.1 Å². The first-order valence-corrected chi connectivity index (χ1v) is 10.1. The predicted molar refractivity (Wildman–Crippen MR) is 105 cm³/mol. The Hall–Kier alpha value is -2.09. The van der Waals surface area contributed by atoms with E-state index in [1.165, 1.54) is 12.1 Å². The van der Waals surface area contributed by atoms with Crippen LogP contribution in [0, 0.1) is 0 Å². The van der Waals surface area contributed by atoms with Gasteiger partial charge in [-0.3, -0.25) is 0 Å². The van der Waals surface area contributed by atoms with Crippen molar-refractivity contribution in [1.82, 2.24) is 9.62 Å². The molecule has 0 atom stereocenters. The van der Waals surface area contributed by atoms with E-state index in [0.29, 0.717) is 25.3 Å². The Morgan fingerprint density at radius 1 is 1.08 bits per heavy atom. The first-order valence-electron chi connectivity index (χ1n) is 8.59. The SMILES string of the molecule is CN(C)CCCOc1ccccc1CCNS(=O)(=O)c1ccc(N)cc1. The summed E-state index contributed by atoms with van der Waals surface area (Å²) in [5.41, 5.74) is 7.11. The number of sulfonamides is 1. The number of anilines is 1. The number of nitrogen functional groups attached to an aromatic ring is 1. The van der Waals surface area contributed by atoms with Gasteiger partial charge in [0.1, 0.15) is 5.75 Å². The Balaban J connectivity index is 1.90. The van der Waals surface area contributed by atoms with E-state index < -0.39 is 10.0 Å². The van der Waals surface area contributed by atoms with E-state index in [-0.39, 0.29) is 4.90 Å². The van der Waals surface area contributed by atoms with Gasteiger partial charge in [-0.05, 0) is 62.8 Å². The first kappa shape index (κ1) is 20.2. The van der Waals surface area contributed by atoms with Gasteiger partial charge in [-0.25, -0.2) is 13.1 Å². The summed E-state index contributed by atoms with van der Waals surface area (Å²) in [5.74, 6) is 0.804. The van der Waals surface area contributed by atoms with Gasteiger partial charge < -0.3 is 15.4 Å². The Morgan fingerprint density at radius 2 is 1.77 bits per heavy atom. The van der Waals surface area contributed by atoms with E-state index in [2.05, 4.69) is 9.62 Å². The third-order valence-electron chi connectivity index (χ3n) is 3.86. The van der Waals surface area contributed by atoms with Crippen LogP contribution < -0.4 is 15.2 Å². The van der Waals surface area contributed by atoms with E-state index in [0.717, 1.165) is 24.3 Å². The number of hydrogen-bond acceptors (Lipinski definition) is 5. The topological polar surface area (TPSA) is 84.7 Å². The van der Waals surface area contributed by atoms with Crippen LogP contribution in [0.2, 0.25) is 0 Å². The molecule has 0 saturated heterocycles. The predicted octanol–water partition coefficient (Wildman–Crippen LogP) is 2.12. The zero-order valence-corrected chi connectivity index (χ0v) is 16.1. The molecule has 3 N–H and O–H groups in total. The summed E-state index contributed by atoms with van der Waals surface area (Å²) < 4.78 is 33.1. The van der Waals surface area contributed by atoms with Crippen LogP contribution in [0.25, 0.3) is 0 Å². The maximum absolute atomic E-state index is 12.3. The minimum Gasteiger partial charge on any atom is -0.493 e. The molecule has 142 valence electrons. The van der Waals surface area contributed by atoms with Crippen molar-refractivity contribution >= 4 is 15.7 Å². The van der Waals surface area contributed by atoms with Crippen LogP contribution in [0.1, 0.15) is 12.0 Å². The molecule has 0 aliphatic rings. The second-order valence-corrected chi connectivity index (χ2v) is 8.10. The Morgan fingerprint density at radius 3 is 2.46 bits per heavy atom. The molecule has 0 bridgehead atoms. The highest BCUT2D eigenvalue weighted by atomic mass is 32.2. The fourth-order valence-electron chi connectivity index (χ4n) is 2.46. The zero-order chi connectivity index (χ0) is 19.0. The summed E-state index contributed by atoms with van der Waals surface area (Å²) in [6.45, 7) is 1.89. The van der Waals surface area contributed by atoms with Crippen molar-refractivity contribution in [2.24, 2.45) is 0 Å². The Kier molecular flexibility index (Phi) is 7.44. The summed E-state index contributed by atoms with van der Waals surface area (Å²) in [7, 11) is 0.515. The molecular formula is C19H27N3O3S. The Bertz CT molecular complexity index is 790. The second-order valence-electron chi connectivity index (χ2n) is 6.33. The number of ether oxygens (including phenoxy) is 1. The van der Waals surface area contributed by atoms with Gasteiger partial charge in [0.15, 0.2) is 0 Å². The van der Waals surface area contributed by atoms with Gasteiger partial charge in [0.25, 0.3) is 0 Å². The maximum Gasteiger partial charge on any atom is 0.240 e. The zero-order valence-electron chi connectivity index (χ0n) is 15.3. The highest BCUT2D eigenvalue weighted by Gasteiger charge is 2.13. The molecule has 0 aromatic heterocycles. The second kappa shape index (κ2) is 9.56. The number of benzene rings is 2. The molecule has 0 heterocycles. The summed E-state index contributed by atoms with van der Waals surface area (Å²) in [6, 6.07) is 13.9. The average molecular weight is 378 g/mol. The summed E-state index contributed by atoms with van der Waals surface area (Å²) in [5, 5.41) is 0. The van der Waals surface area contributed by atoms with Gasteiger partial charge in [-0.1, -0.05) is 18.2 Å². The standard InChI is InChI=1S/C19H27N3O3S/c1-22(2)14-5-15-25-19-7-4-3-6-16(19)12-13-21-26(23,24)18-10-8-17(20)9-11-18/h3-4,6-11,21H,5,12-15,20H2,1-2H3. The van der Waals surface area contributed by atoms with Gasteiger partial charge in [-0.2, -0.15) is 0 Å². The molecule has 0 saturated carbocycles. The smallest absolute Gasteiger partial charge is 0.240 e. The van der Waals surface area contributed by atoms with Crippen LogP contribution in [0.4, 0.5) is 5.69 Å². The molecule has 0 radical (unpaired) electrons. The van der Waals surface area contributed by atoms with Crippen LogP contribution in [-0.2, 0) is 16.4 Å². The van der Waals surface area contributed by atoms with Crippen molar-refractivity contribution in [2.75, 3.05) is 39.5 Å². The number of para-hydroxylation sites is 1. The average Bonchev–Trinajstić information content (AvgIpc) is 2.60. The van der Waals surface area contributed by atoms with Gasteiger partial charge >= 0.3 is 0 Å². The van der Waals surface area contributed by atoms with Gasteiger partial charge in [-0.15, -0.1) is 0 Å². The molecular weight excluding hydrogens is 350 g/mol. The van der Waals surface area contributed by atoms with E-state index in [1.807, 2.05) is 38.4 Å². The number of rotatable bonds is 10. The van der Waals surface area contributed by atoms with Gasteiger partial charge in [0.05, 0.1) is 11.5 Å². The van der Waals surface area contributed by atoms with Crippen LogP contribution in [-0.4, -0.2) is 47.1 Å². The first-order chi connectivity index (χ1) is 12.4. The summed E-state index contributed by atoms with van der Waals surface area (Å²) in [4.78, 5) is 2.32. The van der Waals surface area contributed by atoms with Gasteiger partial charge in [0.2, 0.25) is 10.0 Å². The van der Waals surface area contributed by atoms with Crippen molar-refractivity contribution in [1.29, 1.82) is 0 Å². The third-order valence-corrected chi connectivity index (χ3v) is 5.33. The lowest BCUT2D eigenvalue weighted by atomic mass is 10.1. The third kappa shape index (κ3) is 6.33. The molecule has 0 aliphatic heterocycles. The molecule has 0 amide bonds. The normalized spacial score (nSPS) is 11.7. The molecule has 0 aliphatic carbocycles. The molecule has 2 aromatic carbocycles. The highest BCUT2D eigenvalue weighted by Crippen LogP contribution is 2.19. The fraction of sp³-hybridized carbons (Fsp3) is 0.368. The van der Waals surface area contributed by atoms with Crippen molar-refractivity contribution in [3.8, 4) is 5.75 Å². The molecule has 6 nitrogen and oxygen atoms in total. The molecule has 2 rings (SSSR count). The molecule has 0 fully saturated rings. The van der Waals surface area contributed by atoms with Crippen molar-refractivity contribution in [3.05, 3.63) is 54.1 Å². The minimum atomic E-state index is -3.54. The monoisotopic (exact) mass is 377 g/mol. The van der Waals surface area contributed by atoms with Gasteiger partial charge in [0, 0.05) is 18.8 Å².